The standard InChI is InChI=1S/C18H12F2N2O5S/c19-9-2-3-14(13(20)6-9)28(25,26)21-10-7-11-15-12(8-10)18(4-1-5-18)17(24)22(15)27-16(11)23/h2-3,6-8,21H,1,4-5H2. The van der Waals surface area contributed by atoms with Gasteiger partial charge in [0.1, 0.15) is 22.0 Å². The average molecular weight is 406 g/mol. The van der Waals surface area contributed by atoms with Gasteiger partial charge in [0.05, 0.1) is 16.5 Å². The summed E-state index contributed by atoms with van der Waals surface area (Å²) in [5.41, 5.74) is -0.743. The Kier molecular flexibility index (Phi) is 3.23. The fourth-order valence-corrected chi connectivity index (χ4v) is 5.08. The van der Waals surface area contributed by atoms with Crippen LogP contribution in [0.3, 0.4) is 0 Å². The fourth-order valence-electron chi connectivity index (χ4n) is 3.98. The second-order valence-electron chi connectivity index (χ2n) is 7.01. The Morgan fingerprint density at radius 1 is 1.11 bits per heavy atom. The molecule has 5 rings (SSSR count). The molecule has 3 aromatic rings. The number of nitrogens with one attached hydrogen (secondary N) is 1. The van der Waals surface area contributed by atoms with Crippen LogP contribution >= 0.6 is 0 Å². The molecule has 0 unspecified atom stereocenters. The van der Waals surface area contributed by atoms with Gasteiger partial charge in [0.2, 0.25) is 0 Å². The van der Waals surface area contributed by atoms with Gasteiger partial charge in [0.15, 0.2) is 0 Å². The normalized spacial score (nSPS) is 17.3. The number of sulfonamides is 1. The largest absolute Gasteiger partial charge is 0.366 e. The van der Waals surface area contributed by atoms with Crippen molar-refractivity contribution in [3.63, 3.8) is 0 Å². The number of rotatable bonds is 3. The van der Waals surface area contributed by atoms with Crippen LogP contribution in [0, 0.1) is 11.6 Å². The SMILES string of the molecule is O=C1n2oc(=O)c3cc(NS(=O)(=O)c4ccc(F)cc4F)cc(c32)C12CCC2. The van der Waals surface area contributed by atoms with Crippen molar-refractivity contribution in [3.05, 3.63) is 57.9 Å². The molecular weight excluding hydrogens is 394 g/mol. The van der Waals surface area contributed by atoms with Crippen LogP contribution in [-0.2, 0) is 15.4 Å². The molecule has 2 heterocycles. The van der Waals surface area contributed by atoms with Crippen molar-refractivity contribution in [3.8, 4) is 0 Å². The molecule has 0 saturated heterocycles. The van der Waals surface area contributed by atoms with E-state index in [1.54, 1.807) is 0 Å². The quantitative estimate of drug-likeness (QED) is 0.721. The average Bonchev–Trinajstić information content (AvgIpc) is 3.02. The van der Waals surface area contributed by atoms with Gasteiger partial charge in [-0.25, -0.2) is 22.0 Å². The lowest BCUT2D eigenvalue weighted by Gasteiger charge is -2.36. The summed E-state index contributed by atoms with van der Waals surface area (Å²) in [5, 5.41) is 0.0619. The van der Waals surface area contributed by atoms with Gasteiger partial charge in [-0.1, -0.05) is 6.42 Å². The van der Waals surface area contributed by atoms with E-state index >= 15 is 0 Å². The van der Waals surface area contributed by atoms with Gasteiger partial charge in [-0.2, -0.15) is 0 Å². The van der Waals surface area contributed by atoms with Crippen molar-refractivity contribution in [2.24, 2.45) is 0 Å². The summed E-state index contributed by atoms with van der Waals surface area (Å²) in [6.07, 6.45) is 1.95. The molecule has 1 aliphatic carbocycles. The third-order valence-corrected chi connectivity index (χ3v) is 6.87. The first-order chi connectivity index (χ1) is 13.2. The van der Waals surface area contributed by atoms with E-state index in [1.807, 2.05) is 0 Å². The van der Waals surface area contributed by atoms with Crippen LogP contribution in [0.1, 0.15) is 29.6 Å². The minimum Gasteiger partial charge on any atom is -0.328 e. The van der Waals surface area contributed by atoms with Gasteiger partial charge in [0.25, 0.3) is 15.9 Å². The zero-order chi connectivity index (χ0) is 19.8. The van der Waals surface area contributed by atoms with Crippen LogP contribution in [0.4, 0.5) is 14.5 Å². The molecule has 2 aromatic carbocycles. The molecule has 28 heavy (non-hydrogen) atoms. The minimum atomic E-state index is -4.39. The number of hydrogen-bond donors (Lipinski definition) is 1. The molecular formula is C18H12F2N2O5S. The predicted octanol–water partition coefficient (Wildman–Crippen LogP) is 2.75. The van der Waals surface area contributed by atoms with Gasteiger partial charge >= 0.3 is 5.63 Å². The van der Waals surface area contributed by atoms with Crippen molar-refractivity contribution < 1.29 is 26.5 Å². The van der Waals surface area contributed by atoms with E-state index in [0.29, 0.717) is 30.0 Å². The summed E-state index contributed by atoms with van der Waals surface area (Å²) in [6, 6.07) is 4.82. The molecule has 1 fully saturated rings. The molecule has 0 amide bonds. The van der Waals surface area contributed by atoms with Crippen molar-refractivity contribution in [1.82, 2.24) is 4.74 Å². The highest BCUT2D eigenvalue weighted by molar-refractivity contribution is 7.92. The number of carbonyl (C=O) groups is 1. The summed E-state index contributed by atoms with van der Waals surface area (Å²) in [6.45, 7) is 0. The van der Waals surface area contributed by atoms with E-state index in [9.17, 15) is 26.8 Å². The van der Waals surface area contributed by atoms with Crippen molar-refractivity contribution in [2.45, 2.75) is 29.6 Å². The first kappa shape index (κ1) is 17.1. The molecule has 144 valence electrons. The third-order valence-electron chi connectivity index (χ3n) is 5.46. The summed E-state index contributed by atoms with van der Waals surface area (Å²) in [5.74, 6) is -2.49. The third kappa shape index (κ3) is 2.09. The molecule has 0 radical (unpaired) electrons. The Hall–Kier alpha value is -3.01. The summed E-state index contributed by atoms with van der Waals surface area (Å²) >= 11 is 0. The Balaban J connectivity index is 1.66. The van der Waals surface area contributed by atoms with Gasteiger partial charge in [-0.15, -0.1) is 4.74 Å². The number of hydrogen-bond acceptors (Lipinski definition) is 5. The lowest BCUT2D eigenvalue weighted by atomic mass is 9.65. The molecule has 2 aliphatic rings. The summed E-state index contributed by atoms with van der Waals surface area (Å²) < 4.78 is 60.4. The molecule has 7 nitrogen and oxygen atoms in total. The highest BCUT2D eigenvalue weighted by Crippen LogP contribution is 2.51. The number of anilines is 1. The highest BCUT2D eigenvalue weighted by Gasteiger charge is 2.53. The van der Waals surface area contributed by atoms with Crippen molar-refractivity contribution in [1.29, 1.82) is 0 Å². The van der Waals surface area contributed by atoms with Crippen LogP contribution in [0.15, 0.2) is 44.5 Å². The molecule has 1 aromatic heterocycles. The maximum absolute atomic E-state index is 13.9. The Morgan fingerprint density at radius 2 is 1.86 bits per heavy atom. The summed E-state index contributed by atoms with van der Waals surface area (Å²) in [4.78, 5) is 24.1. The van der Waals surface area contributed by atoms with Crippen molar-refractivity contribution in [2.75, 3.05) is 4.72 Å². The minimum absolute atomic E-state index is 0.00255. The van der Waals surface area contributed by atoms with Gasteiger partial charge in [-0.05, 0) is 42.7 Å². The first-order valence-corrected chi connectivity index (χ1v) is 9.94. The van der Waals surface area contributed by atoms with E-state index in [4.69, 9.17) is 4.52 Å². The number of benzene rings is 2. The van der Waals surface area contributed by atoms with Gasteiger partial charge < -0.3 is 4.52 Å². The maximum Gasteiger partial charge on any atom is 0.366 e. The van der Waals surface area contributed by atoms with Gasteiger partial charge in [0, 0.05) is 6.07 Å². The summed E-state index contributed by atoms with van der Waals surface area (Å²) in [7, 11) is -4.39. The van der Waals surface area contributed by atoms with E-state index in [0.717, 1.165) is 23.3 Å². The second-order valence-corrected chi connectivity index (χ2v) is 8.66. The number of fused-ring (bicyclic) bond motifs is 1. The van der Waals surface area contributed by atoms with Crippen LogP contribution in [-0.4, -0.2) is 19.1 Å². The molecule has 1 spiro atoms. The molecule has 10 heteroatoms. The number of aromatic nitrogens is 1. The lowest BCUT2D eigenvalue weighted by molar-refractivity contribution is 0.0609. The van der Waals surface area contributed by atoms with Crippen LogP contribution in [0.25, 0.3) is 10.9 Å². The van der Waals surface area contributed by atoms with Crippen LogP contribution in [0.5, 0.6) is 0 Å². The molecule has 1 aliphatic heterocycles. The number of nitrogens with zero attached hydrogens (tertiary/aromatic N) is 1. The smallest absolute Gasteiger partial charge is 0.328 e. The zero-order valence-electron chi connectivity index (χ0n) is 14.2. The number of carbonyl (C=O) groups excluding carboxylic acids is 1. The molecule has 0 atom stereocenters. The maximum atomic E-state index is 13.9. The molecule has 0 bridgehead atoms. The van der Waals surface area contributed by atoms with Crippen LogP contribution < -0.4 is 10.3 Å². The Morgan fingerprint density at radius 3 is 2.50 bits per heavy atom. The predicted molar refractivity (Wildman–Crippen MR) is 93.8 cm³/mol. The van der Waals surface area contributed by atoms with Gasteiger partial charge in [-0.3, -0.25) is 9.52 Å². The monoisotopic (exact) mass is 406 g/mol. The first-order valence-electron chi connectivity index (χ1n) is 8.46. The van der Waals surface area contributed by atoms with E-state index in [1.165, 1.54) is 12.1 Å². The van der Waals surface area contributed by atoms with E-state index in [2.05, 4.69) is 4.72 Å². The zero-order valence-corrected chi connectivity index (χ0v) is 15.0. The fraction of sp³-hybridized carbons (Fsp3) is 0.222. The molecule has 1 saturated carbocycles. The Bertz CT molecular complexity index is 1350. The number of halogens is 2. The van der Waals surface area contributed by atoms with E-state index < -0.39 is 37.6 Å². The van der Waals surface area contributed by atoms with Crippen molar-refractivity contribution >= 4 is 32.5 Å². The highest BCUT2D eigenvalue weighted by atomic mass is 32.2. The second kappa shape index (κ2) is 5.28. The Labute approximate surface area is 156 Å². The topological polar surface area (TPSA) is 98.4 Å². The van der Waals surface area contributed by atoms with E-state index in [-0.39, 0.29) is 17.0 Å². The lowest BCUT2D eigenvalue weighted by Crippen LogP contribution is -2.41. The van der Waals surface area contributed by atoms with Crippen LogP contribution in [0.2, 0.25) is 0 Å². The molecule has 1 N–H and O–H groups in total.